The van der Waals surface area contributed by atoms with Gasteiger partial charge in [0.05, 0.1) is 7.11 Å². The maximum absolute atomic E-state index is 10.6. The second-order valence-electron chi connectivity index (χ2n) is 4.36. The molecule has 1 aliphatic rings. The van der Waals surface area contributed by atoms with E-state index in [0.717, 1.165) is 5.06 Å². The van der Waals surface area contributed by atoms with E-state index in [1.165, 1.54) is 14.2 Å². The summed E-state index contributed by atoms with van der Waals surface area (Å²) in [4.78, 5) is 38.2. The molecule has 2 amide bonds. The average molecular weight is 428 g/mol. The quantitative estimate of drug-likeness (QED) is 0.305. The van der Waals surface area contributed by atoms with Crippen LogP contribution in [0.1, 0.15) is 12.8 Å². The highest BCUT2D eigenvalue weighted by Crippen LogP contribution is 2.10. The first-order valence-corrected chi connectivity index (χ1v) is 7.51. The van der Waals surface area contributed by atoms with E-state index in [4.69, 9.17) is 0 Å². The molecule has 0 spiro atoms. The summed E-state index contributed by atoms with van der Waals surface area (Å²) in [6.45, 7) is -0.403. The predicted octanol–water partition coefficient (Wildman–Crippen LogP) is 1.59. The molecular formula is C16H30ClN3O8. The molecular weight excluding hydrogens is 398 g/mol. The molecule has 28 heavy (non-hydrogen) atoms. The number of halogens is 1. The second-order valence-corrected chi connectivity index (χ2v) is 4.36. The summed E-state index contributed by atoms with van der Waals surface area (Å²) in [7, 11) is 9.09. The number of pyridine rings is 1. The number of aromatic nitrogens is 1. The highest BCUT2D eigenvalue weighted by Gasteiger charge is 2.28. The first-order valence-electron chi connectivity index (χ1n) is 7.51. The largest absolute Gasteiger partial charge is 0.388 e. The van der Waals surface area contributed by atoms with E-state index in [0.29, 0.717) is 0 Å². The maximum atomic E-state index is 10.6. The molecule has 0 aromatic carbocycles. The molecule has 1 aromatic rings. The molecule has 1 aromatic heterocycles. The summed E-state index contributed by atoms with van der Waals surface area (Å²) >= 11 is 0. The van der Waals surface area contributed by atoms with E-state index in [-0.39, 0.29) is 37.1 Å². The van der Waals surface area contributed by atoms with E-state index in [9.17, 15) is 19.7 Å². The van der Waals surface area contributed by atoms with Gasteiger partial charge in [0.2, 0.25) is 0 Å². The van der Waals surface area contributed by atoms with Crippen molar-refractivity contribution in [1.82, 2.24) is 10.0 Å². The maximum Gasteiger partial charge on any atom is 0.305 e. The van der Waals surface area contributed by atoms with Gasteiger partial charge in [-0.15, -0.1) is 12.4 Å². The summed E-state index contributed by atoms with van der Waals surface area (Å²) in [5, 5.41) is 10.1. The molecule has 164 valence electrons. The zero-order chi connectivity index (χ0) is 21.5. The highest BCUT2D eigenvalue weighted by atomic mass is 35.5. The minimum Gasteiger partial charge on any atom is -0.388 e. The topological polar surface area (TPSA) is 130 Å². The number of ether oxygens (including phenoxy) is 3. The lowest BCUT2D eigenvalue weighted by atomic mass is 10.4. The van der Waals surface area contributed by atoms with Crippen molar-refractivity contribution < 1.29 is 33.6 Å². The number of carbonyl (C=O) groups is 2. The number of hydroxylamine groups is 2. The van der Waals surface area contributed by atoms with Crippen LogP contribution in [0.3, 0.4) is 0 Å². The molecule has 0 bridgehead atoms. The number of hydrogen-bond donors (Lipinski definition) is 0. The van der Waals surface area contributed by atoms with Gasteiger partial charge in [0.15, 0.2) is 0 Å². The first kappa shape index (κ1) is 33.4. The van der Waals surface area contributed by atoms with E-state index in [1.54, 1.807) is 40.8 Å². The fourth-order valence-electron chi connectivity index (χ4n) is 1.18. The number of nitrogens with zero attached hydrogens (tertiary/aromatic N) is 3. The molecule has 0 aliphatic carbocycles. The van der Waals surface area contributed by atoms with Gasteiger partial charge in [0.1, 0.15) is 0 Å². The zero-order valence-corrected chi connectivity index (χ0v) is 17.8. The average Bonchev–Trinajstić information content (AvgIpc) is 2.96. The van der Waals surface area contributed by atoms with Crippen LogP contribution in [0, 0.1) is 10.1 Å². The predicted molar refractivity (Wildman–Crippen MR) is 104 cm³/mol. The molecule has 1 fully saturated rings. The number of imide groups is 1. The summed E-state index contributed by atoms with van der Waals surface area (Å²) in [5.74, 6) is -0.495. The van der Waals surface area contributed by atoms with Crippen molar-refractivity contribution in [2.75, 3.05) is 49.4 Å². The van der Waals surface area contributed by atoms with Crippen LogP contribution in [0.2, 0.25) is 0 Å². The Balaban J connectivity index is -0.000000136. The van der Waals surface area contributed by atoms with Crippen LogP contribution in [0.4, 0.5) is 0 Å². The Labute approximate surface area is 171 Å². The van der Waals surface area contributed by atoms with Crippen LogP contribution < -0.4 is 0 Å². The number of rotatable bonds is 3. The Bertz CT molecular complexity index is 436. The molecule has 0 radical (unpaired) electrons. The highest BCUT2D eigenvalue weighted by molar-refractivity contribution is 6.00. The fraction of sp³-hybridized carbons (Fsp3) is 0.562. The third-order valence-corrected chi connectivity index (χ3v) is 1.99. The lowest BCUT2D eigenvalue weighted by Gasteiger charge is -2.07. The van der Waals surface area contributed by atoms with Crippen LogP contribution in [0.15, 0.2) is 30.6 Å². The van der Waals surface area contributed by atoms with Crippen LogP contribution in [0.25, 0.3) is 0 Å². The second kappa shape index (κ2) is 27.0. The number of methoxy groups -OCH3 is 3. The van der Waals surface area contributed by atoms with E-state index in [2.05, 4.69) is 24.0 Å². The molecule has 1 aliphatic heterocycles. The lowest BCUT2D eigenvalue weighted by molar-refractivity contribution is -0.523. The van der Waals surface area contributed by atoms with Crippen molar-refractivity contribution in [3.8, 4) is 0 Å². The normalized spacial score (nSPS) is 11.0. The first-order chi connectivity index (χ1) is 12.9. The molecule has 0 saturated carbocycles. The Morgan fingerprint density at radius 3 is 1.46 bits per heavy atom. The van der Waals surface area contributed by atoms with E-state index >= 15 is 0 Å². The van der Waals surface area contributed by atoms with Gasteiger partial charge in [-0.05, 0) is 12.1 Å². The van der Waals surface area contributed by atoms with Gasteiger partial charge in [-0.3, -0.25) is 29.5 Å². The van der Waals surface area contributed by atoms with Crippen LogP contribution in [0.5, 0.6) is 0 Å². The molecule has 11 nitrogen and oxygen atoms in total. The molecule has 0 unspecified atom stereocenters. The molecule has 1 saturated heterocycles. The number of nitro groups is 1. The van der Waals surface area contributed by atoms with Crippen LogP contribution in [-0.2, 0) is 28.6 Å². The van der Waals surface area contributed by atoms with Crippen molar-refractivity contribution in [2.24, 2.45) is 0 Å². The fourth-order valence-corrected chi connectivity index (χ4v) is 1.18. The Morgan fingerprint density at radius 1 is 0.964 bits per heavy atom. The Hall–Kier alpha value is -2.18. The van der Waals surface area contributed by atoms with Gasteiger partial charge >= 0.3 is 6.73 Å². The Morgan fingerprint density at radius 2 is 1.36 bits per heavy atom. The molecule has 0 N–H and O–H groups in total. The minimum absolute atomic E-state index is 0. The minimum atomic E-state index is -0.542. The van der Waals surface area contributed by atoms with Crippen LogP contribution >= 0.6 is 12.4 Å². The summed E-state index contributed by atoms with van der Waals surface area (Å²) < 4.78 is 12.6. The monoisotopic (exact) mass is 427 g/mol. The molecule has 2 rings (SSSR count). The summed E-state index contributed by atoms with van der Waals surface area (Å²) in [5.41, 5.74) is 0. The van der Waals surface area contributed by atoms with Gasteiger partial charge in [-0.1, -0.05) is 6.07 Å². The smallest absolute Gasteiger partial charge is 0.305 e. The van der Waals surface area contributed by atoms with Gasteiger partial charge in [0.25, 0.3) is 11.8 Å². The van der Waals surface area contributed by atoms with E-state index < -0.39 is 11.7 Å². The van der Waals surface area contributed by atoms with Gasteiger partial charge < -0.3 is 14.2 Å². The third-order valence-electron chi connectivity index (χ3n) is 1.99. The number of hydrogen-bond acceptors (Lipinski definition) is 9. The van der Waals surface area contributed by atoms with Crippen molar-refractivity contribution >= 4 is 24.2 Å². The molecule has 2 heterocycles. The molecule has 0 atom stereocenters. The van der Waals surface area contributed by atoms with Crippen molar-refractivity contribution in [3.05, 3.63) is 40.7 Å². The van der Waals surface area contributed by atoms with E-state index in [1.807, 2.05) is 18.2 Å². The van der Waals surface area contributed by atoms with Crippen molar-refractivity contribution in [3.63, 3.8) is 0 Å². The Kier molecular flexibility index (Phi) is 32.3. The zero-order valence-electron chi connectivity index (χ0n) is 17.0. The number of carbonyl (C=O) groups excluding carboxylic acids is 2. The van der Waals surface area contributed by atoms with Crippen molar-refractivity contribution in [2.45, 2.75) is 12.8 Å². The number of amides is 2. The SMILES string of the molecule is COC.COC.COC[N+](=O)[O-].CON1C(=O)CCC1=O.Cl.c1ccncc1. The van der Waals surface area contributed by atoms with Gasteiger partial charge in [-0.25, -0.2) is 0 Å². The third kappa shape index (κ3) is 26.1. The summed E-state index contributed by atoms with van der Waals surface area (Å²) in [6, 6.07) is 5.72. The van der Waals surface area contributed by atoms with Crippen molar-refractivity contribution in [1.29, 1.82) is 0 Å². The lowest BCUT2D eigenvalue weighted by Crippen LogP contribution is -2.27. The standard InChI is InChI=1S/C5H7NO3.C5H5N.C2H5NO3.2C2H6O.ClH/c1-9-6-4(7)2-3-5(6)8;1-2-4-6-5-3-1;1-6-2-3(4)5;2*1-3-2;/h2-3H2,1H3;1-5H;2H2,1H3;2*1-2H3;1H. The van der Waals surface area contributed by atoms with Crippen LogP contribution in [-0.4, -0.2) is 76.2 Å². The molecule has 12 heteroatoms. The van der Waals surface area contributed by atoms with Gasteiger partial charge in [-0.2, -0.15) is 5.06 Å². The van der Waals surface area contributed by atoms with Gasteiger partial charge in [0, 0.05) is 65.7 Å². The summed E-state index contributed by atoms with van der Waals surface area (Å²) in [6.07, 6.45) is 4.07.